The normalized spacial score (nSPS) is 14.8. The second-order valence-electron chi connectivity index (χ2n) is 6.83. The van der Waals surface area contributed by atoms with Crippen molar-refractivity contribution in [2.24, 2.45) is 0 Å². The molecule has 1 fully saturated rings. The molecule has 1 aliphatic rings. The van der Waals surface area contributed by atoms with Gasteiger partial charge < -0.3 is 9.47 Å². The number of amides is 1. The molecule has 2 aromatic carbocycles. The van der Waals surface area contributed by atoms with Gasteiger partial charge in [0, 0.05) is 31.7 Å². The van der Waals surface area contributed by atoms with Gasteiger partial charge in [0.2, 0.25) is 0 Å². The largest absolute Gasteiger partial charge is 0.494 e. The number of anilines is 1. The number of carbonyl (C=O) groups excluding carboxylic acids is 1. The summed E-state index contributed by atoms with van der Waals surface area (Å²) in [6.07, 6.45) is 0. The second-order valence-corrected chi connectivity index (χ2v) is 7.84. The van der Waals surface area contributed by atoms with E-state index in [2.05, 4.69) is 4.90 Å². The topological polar surface area (TPSA) is 54.9 Å². The van der Waals surface area contributed by atoms with E-state index >= 15 is 0 Å². The molecule has 1 saturated heterocycles. The Balaban J connectivity index is 1.58. The third-order valence-electron chi connectivity index (χ3n) is 4.91. The summed E-state index contributed by atoms with van der Waals surface area (Å²) in [6.45, 7) is 7.20. The van der Waals surface area contributed by atoms with E-state index in [0.29, 0.717) is 18.7 Å². The van der Waals surface area contributed by atoms with Crippen molar-refractivity contribution in [1.29, 1.82) is 0 Å². The summed E-state index contributed by atoms with van der Waals surface area (Å²) in [6, 6.07) is 15.3. The Morgan fingerprint density at radius 2 is 1.93 bits per heavy atom. The van der Waals surface area contributed by atoms with Crippen LogP contribution in [0.3, 0.4) is 0 Å². The van der Waals surface area contributed by atoms with E-state index in [1.807, 2.05) is 55.5 Å². The Morgan fingerprint density at radius 1 is 1.17 bits per heavy atom. The number of ether oxygens (including phenoxy) is 2. The molecule has 152 valence electrons. The monoisotopic (exact) mass is 411 g/mol. The lowest BCUT2D eigenvalue weighted by molar-refractivity contribution is 0.0391. The third kappa shape index (κ3) is 4.75. The summed E-state index contributed by atoms with van der Waals surface area (Å²) >= 11 is 1.55. The fourth-order valence-corrected chi connectivity index (χ4v) is 4.33. The highest BCUT2D eigenvalue weighted by atomic mass is 32.1. The van der Waals surface area contributed by atoms with E-state index in [-0.39, 0.29) is 5.91 Å². The second kappa shape index (κ2) is 9.35. The Bertz CT molecular complexity index is 918. The van der Waals surface area contributed by atoms with E-state index in [4.69, 9.17) is 14.5 Å². The van der Waals surface area contributed by atoms with Gasteiger partial charge in [0.1, 0.15) is 5.75 Å². The van der Waals surface area contributed by atoms with Gasteiger partial charge in [-0.3, -0.25) is 14.6 Å². The van der Waals surface area contributed by atoms with Gasteiger partial charge in [-0.25, -0.2) is 4.98 Å². The number of thiazole rings is 1. The Labute approximate surface area is 174 Å². The first-order valence-electron chi connectivity index (χ1n) is 9.95. The molecule has 0 spiro atoms. The van der Waals surface area contributed by atoms with Crippen LogP contribution in [0, 0.1) is 0 Å². The number of fused-ring (bicyclic) bond motifs is 1. The first-order chi connectivity index (χ1) is 14.2. The number of morpholine rings is 1. The number of benzene rings is 2. The molecule has 6 nitrogen and oxygen atoms in total. The Hall–Kier alpha value is -2.48. The molecule has 2 heterocycles. The fourth-order valence-electron chi connectivity index (χ4n) is 3.34. The van der Waals surface area contributed by atoms with E-state index in [0.717, 1.165) is 53.9 Å². The van der Waals surface area contributed by atoms with E-state index < -0.39 is 0 Å². The van der Waals surface area contributed by atoms with Crippen LogP contribution >= 0.6 is 11.3 Å². The number of hydrogen-bond donors (Lipinski definition) is 0. The van der Waals surface area contributed by atoms with E-state index in [1.54, 1.807) is 16.2 Å². The van der Waals surface area contributed by atoms with Crippen LogP contribution in [0.1, 0.15) is 17.3 Å². The van der Waals surface area contributed by atoms with Crippen molar-refractivity contribution in [3.63, 3.8) is 0 Å². The lowest BCUT2D eigenvalue weighted by Crippen LogP contribution is -2.43. The molecule has 3 aromatic rings. The summed E-state index contributed by atoms with van der Waals surface area (Å²) in [5, 5.41) is 0.735. The predicted molar refractivity (Wildman–Crippen MR) is 116 cm³/mol. The summed E-state index contributed by atoms with van der Waals surface area (Å²) in [5.74, 6) is 0.726. The van der Waals surface area contributed by atoms with Crippen molar-refractivity contribution in [2.75, 3.05) is 50.9 Å². The lowest BCUT2D eigenvalue weighted by atomic mass is 10.2. The highest BCUT2D eigenvalue weighted by Gasteiger charge is 2.22. The van der Waals surface area contributed by atoms with Crippen molar-refractivity contribution in [3.8, 4) is 5.75 Å². The number of carbonyl (C=O) groups is 1. The van der Waals surface area contributed by atoms with Crippen molar-refractivity contribution in [1.82, 2.24) is 9.88 Å². The molecule has 0 unspecified atom stereocenters. The van der Waals surface area contributed by atoms with Crippen LogP contribution in [-0.2, 0) is 4.74 Å². The number of aromatic nitrogens is 1. The van der Waals surface area contributed by atoms with Gasteiger partial charge in [0.25, 0.3) is 5.91 Å². The number of rotatable bonds is 7. The molecule has 1 aromatic heterocycles. The third-order valence-corrected chi connectivity index (χ3v) is 5.97. The van der Waals surface area contributed by atoms with Gasteiger partial charge in [-0.05, 0) is 43.3 Å². The maximum atomic E-state index is 13.4. The van der Waals surface area contributed by atoms with Crippen LogP contribution in [0.15, 0.2) is 48.5 Å². The van der Waals surface area contributed by atoms with E-state index in [9.17, 15) is 4.79 Å². The minimum Gasteiger partial charge on any atom is -0.494 e. The SMILES string of the molecule is CCOc1ccc(C(=O)N(CCN2CCOCC2)c2nc3ccccc3s2)cc1. The first kappa shape index (κ1) is 19.8. The van der Waals surface area contributed by atoms with Crippen LogP contribution in [0.5, 0.6) is 5.75 Å². The zero-order valence-electron chi connectivity index (χ0n) is 16.5. The maximum Gasteiger partial charge on any atom is 0.260 e. The van der Waals surface area contributed by atoms with Crippen molar-refractivity contribution >= 4 is 32.6 Å². The van der Waals surface area contributed by atoms with Gasteiger partial charge in [0.15, 0.2) is 5.13 Å². The molecule has 0 N–H and O–H groups in total. The number of nitrogens with zero attached hydrogens (tertiary/aromatic N) is 3. The average molecular weight is 412 g/mol. The first-order valence-corrected chi connectivity index (χ1v) is 10.8. The minimum atomic E-state index is -0.0413. The molecule has 0 aliphatic carbocycles. The molecule has 0 saturated carbocycles. The van der Waals surface area contributed by atoms with Crippen molar-refractivity contribution in [2.45, 2.75) is 6.92 Å². The quantitative estimate of drug-likeness (QED) is 0.594. The molecule has 7 heteroatoms. The highest BCUT2D eigenvalue weighted by Crippen LogP contribution is 2.29. The van der Waals surface area contributed by atoms with E-state index in [1.165, 1.54) is 0 Å². The summed E-state index contributed by atoms with van der Waals surface area (Å²) < 4.78 is 12.0. The molecule has 0 radical (unpaired) electrons. The molecule has 0 bridgehead atoms. The summed E-state index contributed by atoms with van der Waals surface area (Å²) in [5.41, 5.74) is 1.55. The highest BCUT2D eigenvalue weighted by molar-refractivity contribution is 7.22. The maximum absolute atomic E-state index is 13.4. The Kier molecular flexibility index (Phi) is 6.39. The fraction of sp³-hybridized carbons (Fsp3) is 0.364. The molecular formula is C22H25N3O3S. The standard InChI is InChI=1S/C22H25N3O3S/c1-2-28-18-9-7-17(8-10-18)21(26)25(12-11-24-13-15-27-16-14-24)22-23-19-5-3-4-6-20(19)29-22/h3-10H,2,11-16H2,1H3. The molecule has 1 amide bonds. The molecule has 1 aliphatic heterocycles. The van der Waals surface area contributed by atoms with Gasteiger partial charge in [-0.15, -0.1) is 0 Å². The van der Waals surface area contributed by atoms with Crippen LogP contribution in [0.4, 0.5) is 5.13 Å². The molecule has 0 atom stereocenters. The average Bonchev–Trinajstić information content (AvgIpc) is 3.19. The molecule has 29 heavy (non-hydrogen) atoms. The van der Waals surface area contributed by atoms with Crippen LogP contribution in [0.25, 0.3) is 10.2 Å². The zero-order chi connectivity index (χ0) is 20.1. The number of para-hydroxylation sites is 1. The number of hydrogen-bond acceptors (Lipinski definition) is 6. The van der Waals surface area contributed by atoms with Crippen molar-refractivity contribution < 1.29 is 14.3 Å². The van der Waals surface area contributed by atoms with Crippen LogP contribution < -0.4 is 9.64 Å². The zero-order valence-corrected chi connectivity index (χ0v) is 17.4. The Morgan fingerprint density at radius 3 is 2.66 bits per heavy atom. The summed E-state index contributed by atoms with van der Waals surface area (Å²) in [4.78, 5) is 22.2. The van der Waals surface area contributed by atoms with Gasteiger partial charge in [0.05, 0.1) is 30.0 Å². The molecule has 4 rings (SSSR count). The smallest absolute Gasteiger partial charge is 0.260 e. The van der Waals surface area contributed by atoms with Gasteiger partial charge in [-0.2, -0.15) is 0 Å². The van der Waals surface area contributed by atoms with Crippen LogP contribution in [0.2, 0.25) is 0 Å². The predicted octanol–water partition coefficient (Wildman–Crippen LogP) is 3.67. The lowest BCUT2D eigenvalue weighted by Gasteiger charge is -2.29. The minimum absolute atomic E-state index is 0.0413. The van der Waals surface area contributed by atoms with Crippen LogP contribution in [-0.4, -0.2) is 61.8 Å². The molecular weight excluding hydrogens is 386 g/mol. The summed E-state index contributed by atoms with van der Waals surface area (Å²) in [7, 11) is 0. The van der Waals surface area contributed by atoms with Gasteiger partial charge >= 0.3 is 0 Å². The van der Waals surface area contributed by atoms with Crippen molar-refractivity contribution in [3.05, 3.63) is 54.1 Å². The van der Waals surface area contributed by atoms with Gasteiger partial charge in [-0.1, -0.05) is 23.5 Å².